The lowest BCUT2D eigenvalue weighted by molar-refractivity contribution is -0.116. The molecule has 0 unspecified atom stereocenters. The number of ether oxygens (including phenoxy) is 4. The molecule has 9 heteroatoms. The molecule has 0 fully saturated rings. The number of nitrogens with one attached hydrogen (secondary N) is 1. The van der Waals surface area contributed by atoms with Gasteiger partial charge in [0.15, 0.2) is 23.1 Å². The van der Waals surface area contributed by atoms with Crippen molar-refractivity contribution in [3.8, 4) is 34.4 Å². The molecule has 1 aromatic heterocycles. The number of carbonyl (C=O) groups is 1. The summed E-state index contributed by atoms with van der Waals surface area (Å²) in [5.74, 6) is 3.55. The number of ketones is 1. The molecule has 176 valence electrons. The Morgan fingerprint density at radius 3 is 2.41 bits per heavy atom. The SMILES string of the molecule is COc1cc(OC)cc(-c2nc3n(n2)[C@@H](c2cccc(OC)c2OC)C2=C(CCCC2=O)N3)c1. The molecule has 0 radical (unpaired) electrons. The first-order valence-electron chi connectivity index (χ1n) is 11.0. The molecule has 2 heterocycles. The second kappa shape index (κ2) is 8.74. The summed E-state index contributed by atoms with van der Waals surface area (Å²) in [7, 11) is 6.38. The Bertz CT molecular complexity index is 1270. The molecule has 1 aliphatic heterocycles. The van der Waals surface area contributed by atoms with Crippen LogP contribution in [0.25, 0.3) is 11.4 Å². The average molecular weight is 463 g/mol. The van der Waals surface area contributed by atoms with Gasteiger partial charge < -0.3 is 24.3 Å². The number of carbonyl (C=O) groups excluding carboxylic acids is 1. The van der Waals surface area contributed by atoms with Crippen molar-refractivity contribution in [2.45, 2.75) is 25.3 Å². The van der Waals surface area contributed by atoms with E-state index in [1.54, 1.807) is 39.2 Å². The lowest BCUT2D eigenvalue weighted by Crippen LogP contribution is -2.31. The summed E-state index contributed by atoms with van der Waals surface area (Å²) in [5.41, 5.74) is 3.08. The summed E-state index contributed by atoms with van der Waals surface area (Å²) in [5, 5.41) is 8.19. The van der Waals surface area contributed by atoms with E-state index in [-0.39, 0.29) is 5.78 Å². The number of hydrogen-bond donors (Lipinski definition) is 1. The van der Waals surface area contributed by atoms with Gasteiger partial charge in [0.1, 0.15) is 17.5 Å². The summed E-state index contributed by atoms with van der Waals surface area (Å²) < 4.78 is 23.8. The normalized spacial score (nSPS) is 16.9. The molecule has 2 aliphatic rings. The quantitative estimate of drug-likeness (QED) is 0.587. The van der Waals surface area contributed by atoms with Gasteiger partial charge in [0, 0.05) is 34.9 Å². The molecule has 5 rings (SSSR count). The topological polar surface area (TPSA) is 96.7 Å². The van der Waals surface area contributed by atoms with E-state index >= 15 is 0 Å². The molecule has 2 aromatic carbocycles. The smallest absolute Gasteiger partial charge is 0.226 e. The number of allylic oxidation sites excluding steroid dienone is 2. The van der Waals surface area contributed by atoms with E-state index in [0.717, 1.165) is 29.7 Å². The number of benzene rings is 2. The molecule has 0 spiro atoms. The molecule has 0 bridgehead atoms. The molecular weight excluding hydrogens is 436 g/mol. The van der Waals surface area contributed by atoms with Crippen LogP contribution in [0.15, 0.2) is 47.7 Å². The zero-order valence-corrected chi connectivity index (χ0v) is 19.5. The van der Waals surface area contributed by atoms with Gasteiger partial charge in [0.05, 0.1) is 28.4 Å². The van der Waals surface area contributed by atoms with Gasteiger partial charge in [0.25, 0.3) is 0 Å². The van der Waals surface area contributed by atoms with Gasteiger partial charge >= 0.3 is 0 Å². The Morgan fingerprint density at radius 1 is 0.971 bits per heavy atom. The Morgan fingerprint density at radius 2 is 1.74 bits per heavy atom. The minimum atomic E-state index is -0.502. The van der Waals surface area contributed by atoms with Crippen molar-refractivity contribution in [3.63, 3.8) is 0 Å². The third kappa shape index (κ3) is 3.53. The van der Waals surface area contributed by atoms with Crippen LogP contribution in [-0.2, 0) is 4.79 Å². The predicted molar refractivity (Wildman–Crippen MR) is 126 cm³/mol. The van der Waals surface area contributed by atoms with Gasteiger partial charge in [-0.2, -0.15) is 4.98 Å². The van der Waals surface area contributed by atoms with Crippen LogP contribution in [0.1, 0.15) is 30.9 Å². The van der Waals surface area contributed by atoms with E-state index < -0.39 is 6.04 Å². The van der Waals surface area contributed by atoms with Crippen LogP contribution in [0.2, 0.25) is 0 Å². The Hall–Kier alpha value is -4.01. The maximum absolute atomic E-state index is 13.2. The number of aromatic nitrogens is 3. The summed E-state index contributed by atoms with van der Waals surface area (Å²) in [6.45, 7) is 0. The van der Waals surface area contributed by atoms with E-state index in [1.165, 1.54) is 0 Å². The molecule has 9 nitrogen and oxygen atoms in total. The molecule has 1 N–H and O–H groups in total. The van der Waals surface area contributed by atoms with E-state index in [1.807, 2.05) is 30.3 Å². The standard InChI is InChI=1S/C25H26N4O5/c1-31-15-11-14(12-16(13-15)32-2)24-27-25-26-18-8-6-9-19(30)21(18)22(29(25)28-24)17-7-5-10-20(33-3)23(17)34-4/h5,7,10-13,22H,6,8-9H2,1-4H3,(H,26,27,28)/t22-/m0/s1. The lowest BCUT2D eigenvalue weighted by Gasteiger charge is -2.32. The number of fused-ring (bicyclic) bond motifs is 1. The molecular formula is C25H26N4O5. The number of methoxy groups -OCH3 is 4. The van der Waals surface area contributed by atoms with E-state index in [9.17, 15) is 4.79 Å². The Labute approximate surface area is 197 Å². The van der Waals surface area contributed by atoms with Crippen LogP contribution in [0.3, 0.4) is 0 Å². The highest BCUT2D eigenvalue weighted by molar-refractivity contribution is 5.99. The van der Waals surface area contributed by atoms with Crippen LogP contribution < -0.4 is 24.3 Å². The van der Waals surface area contributed by atoms with Gasteiger partial charge in [0.2, 0.25) is 5.95 Å². The minimum absolute atomic E-state index is 0.0920. The molecule has 1 atom stereocenters. The molecule has 0 saturated heterocycles. The largest absolute Gasteiger partial charge is 0.497 e. The van der Waals surface area contributed by atoms with E-state index in [4.69, 9.17) is 29.0 Å². The van der Waals surface area contributed by atoms with Gasteiger partial charge in [-0.15, -0.1) is 5.10 Å². The predicted octanol–water partition coefficient (Wildman–Crippen LogP) is 4.00. The monoisotopic (exact) mass is 462 g/mol. The van der Waals surface area contributed by atoms with Crippen LogP contribution in [0.5, 0.6) is 23.0 Å². The highest BCUT2D eigenvalue weighted by Gasteiger charge is 2.38. The van der Waals surface area contributed by atoms with Crippen molar-refractivity contribution in [1.29, 1.82) is 0 Å². The summed E-state index contributed by atoms with van der Waals surface area (Å²) in [6, 6.07) is 10.6. The van der Waals surface area contributed by atoms with Crippen LogP contribution in [0.4, 0.5) is 5.95 Å². The van der Waals surface area contributed by atoms with Gasteiger partial charge in [-0.3, -0.25) is 4.79 Å². The maximum Gasteiger partial charge on any atom is 0.226 e. The Balaban J connectivity index is 1.71. The first-order valence-corrected chi connectivity index (χ1v) is 11.0. The number of para-hydroxylation sites is 1. The van der Waals surface area contributed by atoms with Gasteiger partial charge in [-0.25, -0.2) is 4.68 Å². The van der Waals surface area contributed by atoms with Crippen LogP contribution in [-0.4, -0.2) is 49.0 Å². The summed E-state index contributed by atoms with van der Waals surface area (Å²) in [6.07, 6.45) is 2.05. The van der Waals surface area contributed by atoms with Crippen molar-refractivity contribution in [2.75, 3.05) is 33.8 Å². The number of nitrogens with zero attached hydrogens (tertiary/aromatic N) is 3. The van der Waals surface area contributed by atoms with E-state index in [2.05, 4.69) is 5.32 Å². The average Bonchev–Trinajstić information content (AvgIpc) is 3.30. The van der Waals surface area contributed by atoms with Crippen molar-refractivity contribution in [1.82, 2.24) is 14.8 Å². The second-order valence-electron chi connectivity index (χ2n) is 8.08. The lowest BCUT2D eigenvalue weighted by atomic mass is 9.85. The molecule has 1 aliphatic carbocycles. The number of hydrogen-bond acceptors (Lipinski definition) is 8. The summed E-state index contributed by atoms with van der Waals surface area (Å²) >= 11 is 0. The van der Waals surface area contributed by atoms with E-state index in [0.29, 0.717) is 46.8 Å². The fourth-order valence-electron chi connectivity index (χ4n) is 4.63. The van der Waals surface area contributed by atoms with Crippen molar-refractivity contribution >= 4 is 11.7 Å². The van der Waals surface area contributed by atoms with Crippen molar-refractivity contribution in [2.24, 2.45) is 0 Å². The number of rotatable bonds is 6. The third-order valence-electron chi connectivity index (χ3n) is 6.21. The van der Waals surface area contributed by atoms with Crippen molar-refractivity contribution < 1.29 is 23.7 Å². The second-order valence-corrected chi connectivity index (χ2v) is 8.08. The zero-order valence-electron chi connectivity index (χ0n) is 19.5. The fourth-order valence-corrected chi connectivity index (χ4v) is 4.63. The molecule has 34 heavy (non-hydrogen) atoms. The zero-order chi connectivity index (χ0) is 23.8. The number of anilines is 1. The molecule has 0 saturated carbocycles. The van der Waals surface area contributed by atoms with Gasteiger partial charge in [-0.05, 0) is 31.0 Å². The third-order valence-corrected chi connectivity index (χ3v) is 6.21. The van der Waals surface area contributed by atoms with Crippen LogP contribution in [0, 0.1) is 0 Å². The van der Waals surface area contributed by atoms with Gasteiger partial charge in [-0.1, -0.05) is 12.1 Å². The van der Waals surface area contributed by atoms with Crippen molar-refractivity contribution in [3.05, 3.63) is 53.2 Å². The molecule has 3 aromatic rings. The minimum Gasteiger partial charge on any atom is -0.497 e. The van der Waals surface area contributed by atoms with Crippen LogP contribution >= 0.6 is 0 Å². The first kappa shape index (κ1) is 21.8. The maximum atomic E-state index is 13.2. The fraction of sp³-hybridized carbons (Fsp3) is 0.320. The number of Topliss-reactive ketones (excluding diaryl/α,β-unsaturated/α-hetero) is 1. The highest BCUT2D eigenvalue weighted by Crippen LogP contribution is 2.45. The summed E-state index contributed by atoms with van der Waals surface area (Å²) in [4.78, 5) is 17.9. The Kier molecular flexibility index (Phi) is 5.61. The molecule has 0 amide bonds. The highest BCUT2D eigenvalue weighted by atomic mass is 16.5. The first-order chi connectivity index (χ1) is 16.6.